The third kappa shape index (κ3) is 8.73. The molecule has 9 nitrogen and oxygen atoms in total. The maximum absolute atomic E-state index is 12.5. The molecule has 1 aromatic rings. The van der Waals surface area contributed by atoms with Gasteiger partial charge in [0, 0.05) is 19.9 Å². The van der Waals surface area contributed by atoms with Crippen molar-refractivity contribution in [1.29, 1.82) is 0 Å². The van der Waals surface area contributed by atoms with E-state index in [1.165, 1.54) is 6.92 Å². The van der Waals surface area contributed by atoms with E-state index in [9.17, 15) is 24.3 Å². The summed E-state index contributed by atoms with van der Waals surface area (Å²) in [6.07, 6.45) is 0.477. The average molecular weight is 406 g/mol. The molecule has 0 aliphatic carbocycles. The standard InChI is InChI=1S/C20H30N4O5/c1-12(2)9-15(22-13(3)25)18(26)24-17(11-21)19(27)23-16(20(28)29)10-14-7-5-4-6-8-14/h4-8,12,15-17H,9-11,21H2,1-3H3,(H,22,25)(H,23,27)(H,24,26)(H,28,29)/t15-,16-,17-/m0/s1. The third-order valence-corrected chi connectivity index (χ3v) is 4.17. The molecular weight excluding hydrogens is 376 g/mol. The van der Waals surface area contributed by atoms with Gasteiger partial charge in [0.15, 0.2) is 0 Å². The van der Waals surface area contributed by atoms with E-state index in [0.29, 0.717) is 6.42 Å². The number of carbonyl (C=O) groups excluding carboxylic acids is 3. The molecule has 1 aromatic carbocycles. The Bertz CT molecular complexity index is 708. The Balaban J connectivity index is 2.80. The van der Waals surface area contributed by atoms with Crippen LogP contribution in [0.15, 0.2) is 30.3 Å². The summed E-state index contributed by atoms with van der Waals surface area (Å²) in [6.45, 7) is 4.88. The minimum atomic E-state index is -1.19. The van der Waals surface area contributed by atoms with Crippen molar-refractivity contribution in [2.45, 2.75) is 51.7 Å². The highest BCUT2D eigenvalue weighted by molar-refractivity contribution is 5.93. The molecule has 0 unspecified atom stereocenters. The number of amides is 3. The molecule has 9 heteroatoms. The first-order valence-corrected chi connectivity index (χ1v) is 9.48. The van der Waals surface area contributed by atoms with Crippen LogP contribution in [0.4, 0.5) is 0 Å². The first-order valence-electron chi connectivity index (χ1n) is 9.48. The van der Waals surface area contributed by atoms with E-state index in [0.717, 1.165) is 5.56 Å². The highest BCUT2D eigenvalue weighted by Gasteiger charge is 2.28. The fourth-order valence-electron chi connectivity index (χ4n) is 2.77. The van der Waals surface area contributed by atoms with Crippen LogP contribution < -0.4 is 21.7 Å². The molecule has 0 saturated carbocycles. The Labute approximate surface area is 170 Å². The van der Waals surface area contributed by atoms with Gasteiger partial charge in [0.25, 0.3) is 0 Å². The minimum absolute atomic E-state index is 0.0923. The third-order valence-electron chi connectivity index (χ3n) is 4.17. The Kier molecular flexibility index (Phi) is 9.81. The van der Waals surface area contributed by atoms with Crippen LogP contribution in [0.25, 0.3) is 0 Å². The van der Waals surface area contributed by atoms with Gasteiger partial charge in [0.1, 0.15) is 18.1 Å². The molecule has 0 radical (unpaired) electrons. The molecule has 0 aliphatic rings. The summed E-state index contributed by atoms with van der Waals surface area (Å²) >= 11 is 0. The van der Waals surface area contributed by atoms with E-state index in [1.807, 2.05) is 13.8 Å². The normalized spacial score (nSPS) is 13.8. The fraction of sp³-hybridized carbons (Fsp3) is 0.500. The minimum Gasteiger partial charge on any atom is -0.480 e. The van der Waals surface area contributed by atoms with Gasteiger partial charge in [-0.1, -0.05) is 44.2 Å². The molecule has 0 aliphatic heterocycles. The van der Waals surface area contributed by atoms with Crippen LogP contribution in [-0.4, -0.2) is 53.5 Å². The molecule has 0 saturated heterocycles. The smallest absolute Gasteiger partial charge is 0.326 e. The molecule has 6 N–H and O–H groups in total. The molecule has 0 fully saturated rings. The number of carboxylic acids is 1. The lowest BCUT2D eigenvalue weighted by Gasteiger charge is -2.24. The molecule has 1 rings (SSSR count). The van der Waals surface area contributed by atoms with E-state index >= 15 is 0 Å². The Morgan fingerprint density at radius 2 is 1.48 bits per heavy atom. The summed E-state index contributed by atoms with van der Waals surface area (Å²) < 4.78 is 0. The van der Waals surface area contributed by atoms with E-state index in [1.54, 1.807) is 30.3 Å². The van der Waals surface area contributed by atoms with E-state index in [-0.39, 0.29) is 24.8 Å². The van der Waals surface area contributed by atoms with Crippen molar-refractivity contribution in [3.8, 4) is 0 Å². The van der Waals surface area contributed by atoms with E-state index in [2.05, 4.69) is 16.0 Å². The molecule has 160 valence electrons. The molecular formula is C20H30N4O5. The van der Waals surface area contributed by atoms with Gasteiger partial charge < -0.3 is 26.8 Å². The maximum Gasteiger partial charge on any atom is 0.326 e. The summed E-state index contributed by atoms with van der Waals surface area (Å²) in [5, 5.41) is 16.9. The lowest BCUT2D eigenvalue weighted by atomic mass is 10.0. The van der Waals surface area contributed by atoms with Crippen LogP contribution in [0.3, 0.4) is 0 Å². The largest absolute Gasteiger partial charge is 0.480 e. The fourth-order valence-corrected chi connectivity index (χ4v) is 2.77. The van der Waals surface area contributed by atoms with Crippen LogP contribution in [0.2, 0.25) is 0 Å². The Morgan fingerprint density at radius 3 is 1.97 bits per heavy atom. The zero-order valence-corrected chi connectivity index (χ0v) is 17.0. The van der Waals surface area contributed by atoms with Crippen LogP contribution in [0, 0.1) is 5.92 Å². The van der Waals surface area contributed by atoms with Crippen LogP contribution in [-0.2, 0) is 25.6 Å². The van der Waals surface area contributed by atoms with Gasteiger partial charge in [0.2, 0.25) is 17.7 Å². The van der Waals surface area contributed by atoms with Crippen molar-refractivity contribution in [3.63, 3.8) is 0 Å². The zero-order chi connectivity index (χ0) is 22.0. The van der Waals surface area contributed by atoms with Crippen molar-refractivity contribution < 1.29 is 24.3 Å². The van der Waals surface area contributed by atoms with Gasteiger partial charge in [-0.3, -0.25) is 14.4 Å². The molecule has 0 aromatic heterocycles. The van der Waals surface area contributed by atoms with Crippen LogP contribution >= 0.6 is 0 Å². The second kappa shape index (κ2) is 11.8. The molecule has 3 amide bonds. The summed E-state index contributed by atoms with van der Waals surface area (Å²) in [6, 6.07) is 5.77. The molecule has 3 atom stereocenters. The van der Waals surface area contributed by atoms with Gasteiger partial charge in [-0.2, -0.15) is 0 Å². The lowest BCUT2D eigenvalue weighted by molar-refractivity contribution is -0.142. The number of aliphatic carboxylic acids is 1. The average Bonchev–Trinajstić information content (AvgIpc) is 2.64. The summed E-state index contributed by atoms with van der Waals surface area (Å²) in [5.74, 6) is -2.68. The van der Waals surface area contributed by atoms with E-state index in [4.69, 9.17) is 5.73 Å². The number of nitrogens with two attached hydrogens (primary N) is 1. The second-order valence-electron chi connectivity index (χ2n) is 7.27. The first-order chi connectivity index (χ1) is 13.6. The van der Waals surface area contributed by atoms with Crippen molar-refractivity contribution in [2.24, 2.45) is 11.7 Å². The monoisotopic (exact) mass is 406 g/mol. The molecule has 0 spiro atoms. The van der Waals surface area contributed by atoms with Gasteiger partial charge in [-0.25, -0.2) is 4.79 Å². The van der Waals surface area contributed by atoms with Gasteiger partial charge in [-0.05, 0) is 17.9 Å². The predicted molar refractivity (Wildman–Crippen MR) is 108 cm³/mol. The number of carboxylic acid groups (broad SMARTS) is 1. The highest BCUT2D eigenvalue weighted by Crippen LogP contribution is 2.06. The SMILES string of the molecule is CC(=O)N[C@@H](CC(C)C)C(=O)N[C@@H](CN)C(=O)N[C@@H](Cc1ccccc1)C(=O)O. The van der Waals surface area contributed by atoms with Crippen molar-refractivity contribution >= 4 is 23.7 Å². The topological polar surface area (TPSA) is 151 Å². The van der Waals surface area contributed by atoms with Crippen LogP contribution in [0.5, 0.6) is 0 Å². The maximum atomic E-state index is 12.5. The molecule has 0 bridgehead atoms. The highest BCUT2D eigenvalue weighted by atomic mass is 16.4. The summed E-state index contributed by atoms with van der Waals surface area (Å²) in [7, 11) is 0. The Hall–Kier alpha value is -2.94. The van der Waals surface area contributed by atoms with Gasteiger partial charge >= 0.3 is 5.97 Å². The van der Waals surface area contributed by atoms with Crippen molar-refractivity contribution in [3.05, 3.63) is 35.9 Å². The van der Waals surface area contributed by atoms with Gasteiger partial charge in [-0.15, -0.1) is 0 Å². The van der Waals surface area contributed by atoms with Crippen molar-refractivity contribution in [2.75, 3.05) is 6.54 Å². The second-order valence-corrected chi connectivity index (χ2v) is 7.27. The van der Waals surface area contributed by atoms with Crippen molar-refractivity contribution in [1.82, 2.24) is 16.0 Å². The zero-order valence-electron chi connectivity index (χ0n) is 17.0. The number of carbonyl (C=O) groups is 4. The number of rotatable bonds is 11. The number of nitrogens with one attached hydrogen (secondary N) is 3. The number of hydrogen-bond acceptors (Lipinski definition) is 5. The molecule has 0 heterocycles. The number of benzene rings is 1. The summed E-state index contributed by atoms with van der Waals surface area (Å²) in [5.41, 5.74) is 6.37. The quantitative estimate of drug-likeness (QED) is 0.343. The van der Waals surface area contributed by atoms with Crippen LogP contribution in [0.1, 0.15) is 32.8 Å². The van der Waals surface area contributed by atoms with Gasteiger partial charge in [0.05, 0.1) is 0 Å². The summed E-state index contributed by atoms with van der Waals surface area (Å²) in [4.78, 5) is 48.0. The number of hydrogen-bond donors (Lipinski definition) is 5. The lowest BCUT2D eigenvalue weighted by Crippen LogP contribution is -2.58. The molecule has 29 heavy (non-hydrogen) atoms. The Morgan fingerprint density at radius 1 is 0.931 bits per heavy atom. The van der Waals surface area contributed by atoms with E-state index < -0.39 is 35.9 Å². The first kappa shape index (κ1) is 24.1. The predicted octanol–water partition coefficient (Wildman–Crippen LogP) is -0.207.